The zero-order valence-corrected chi connectivity index (χ0v) is 23.9. The normalized spacial score (nSPS) is 23.8. The van der Waals surface area contributed by atoms with E-state index in [0.717, 1.165) is 17.5 Å². The fourth-order valence-corrected chi connectivity index (χ4v) is 7.64. The molecule has 5 heterocycles. The number of carbonyl (C=O) groups excluding carboxylic acids is 3. The number of halogens is 2. The number of nitrogens with zero attached hydrogens (tertiary/aromatic N) is 4. The number of fused-ring (bicyclic) bond motifs is 2. The average molecular weight is 620 g/mol. The highest BCUT2D eigenvalue weighted by Gasteiger charge is 2.48. The number of hydrogen-bond acceptors (Lipinski definition) is 7. The second-order valence-electron chi connectivity index (χ2n) is 11.0. The number of benzene rings is 1. The Labute approximate surface area is 243 Å². The minimum atomic E-state index is -4.98. The van der Waals surface area contributed by atoms with E-state index in [1.54, 1.807) is 9.80 Å². The Balaban J connectivity index is 1.14. The van der Waals surface area contributed by atoms with E-state index in [1.165, 1.54) is 30.6 Å². The molecule has 3 fully saturated rings. The predicted molar refractivity (Wildman–Crippen MR) is 148 cm³/mol. The molecule has 6 rings (SSSR count). The summed E-state index contributed by atoms with van der Waals surface area (Å²) in [4.78, 5) is 69.9. The molecule has 3 aromatic rings. The molecule has 4 atom stereocenters. The summed E-state index contributed by atoms with van der Waals surface area (Å²) in [7, 11) is -4.98. The molecule has 42 heavy (non-hydrogen) atoms. The largest absolute Gasteiger partial charge is 0.363 e. The summed E-state index contributed by atoms with van der Waals surface area (Å²) in [5.74, 6) is -4.21. The molecule has 1 unspecified atom stereocenters. The van der Waals surface area contributed by atoms with Gasteiger partial charge in [-0.2, -0.15) is 0 Å². The third-order valence-electron chi connectivity index (χ3n) is 8.29. The summed E-state index contributed by atoms with van der Waals surface area (Å²) in [6.45, 7) is 0.613. The minimum absolute atomic E-state index is 0.102. The summed E-state index contributed by atoms with van der Waals surface area (Å²) < 4.78 is 40.2. The monoisotopic (exact) mass is 619 g/mol. The lowest BCUT2D eigenvalue weighted by atomic mass is 9.94. The van der Waals surface area contributed by atoms with Gasteiger partial charge in [0.15, 0.2) is 5.82 Å². The summed E-state index contributed by atoms with van der Waals surface area (Å²) in [6, 6.07) is 3.98. The number of nitrogens with one attached hydrogen (secondary N) is 1. The molecule has 3 aliphatic heterocycles. The summed E-state index contributed by atoms with van der Waals surface area (Å²) in [6.07, 6.45) is 5.39. The summed E-state index contributed by atoms with van der Waals surface area (Å²) >= 11 is 1.12. The van der Waals surface area contributed by atoms with Gasteiger partial charge in [0.2, 0.25) is 17.7 Å². The highest BCUT2D eigenvalue weighted by atomic mass is 32.1. The number of likely N-dealkylation sites (tertiary alicyclic amines) is 1. The van der Waals surface area contributed by atoms with Gasteiger partial charge in [-0.1, -0.05) is 6.07 Å². The molecule has 1 aromatic carbocycles. The third kappa shape index (κ3) is 5.32. The van der Waals surface area contributed by atoms with Gasteiger partial charge in [0, 0.05) is 29.7 Å². The van der Waals surface area contributed by atoms with Crippen molar-refractivity contribution < 1.29 is 37.5 Å². The highest BCUT2D eigenvalue weighted by Crippen LogP contribution is 2.53. The fraction of sp³-hybridized carbons (Fsp3) is 0.444. The molecule has 0 aliphatic carbocycles. The van der Waals surface area contributed by atoms with Crippen LogP contribution in [0.25, 0.3) is 10.1 Å². The molecule has 3 saturated heterocycles. The van der Waals surface area contributed by atoms with Crippen molar-refractivity contribution in [2.75, 3.05) is 13.1 Å². The van der Waals surface area contributed by atoms with Crippen LogP contribution in [0.2, 0.25) is 0 Å². The Bertz CT molecular complexity index is 1610. The van der Waals surface area contributed by atoms with E-state index >= 15 is 0 Å². The third-order valence-corrected chi connectivity index (χ3v) is 10.3. The Morgan fingerprint density at radius 3 is 2.67 bits per heavy atom. The number of thiophene rings is 1. The second-order valence-corrected chi connectivity index (χ2v) is 13.7. The molecule has 3 amide bonds. The Hall–Kier alpha value is -3.32. The predicted octanol–water partition coefficient (Wildman–Crippen LogP) is 3.24. The average Bonchev–Trinajstić information content (AvgIpc) is 3.52. The van der Waals surface area contributed by atoms with E-state index in [0.29, 0.717) is 55.3 Å². The molecule has 11 nitrogen and oxygen atoms in total. The van der Waals surface area contributed by atoms with Crippen LogP contribution in [0.5, 0.6) is 0 Å². The first kappa shape index (κ1) is 28.8. The van der Waals surface area contributed by atoms with Crippen molar-refractivity contribution in [1.82, 2.24) is 25.1 Å². The first-order chi connectivity index (χ1) is 20.0. The maximum atomic E-state index is 14.2. The van der Waals surface area contributed by atoms with Crippen molar-refractivity contribution in [1.29, 1.82) is 0 Å². The smallest absolute Gasteiger partial charge is 0.340 e. The molecule has 3 N–H and O–H groups in total. The van der Waals surface area contributed by atoms with E-state index in [4.69, 9.17) is 9.79 Å². The topological polar surface area (TPSA) is 153 Å². The van der Waals surface area contributed by atoms with E-state index in [9.17, 15) is 27.7 Å². The molecular formula is C27H28F2N5O6PS. The molecule has 222 valence electrons. The van der Waals surface area contributed by atoms with Crippen LogP contribution in [0.1, 0.15) is 64.9 Å². The number of hydrogen-bond donors (Lipinski definition) is 3. The van der Waals surface area contributed by atoms with E-state index in [2.05, 4.69) is 15.3 Å². The number of aromatic nitrogens is 2. The van der Waals surface area contributed by atoms with Gasteiger partial charge in [-0.15, -0.1) is 11.3 Å². The maximum absolute atomic E-state index is 14.2. The summed E-state index contributed by atoms with van der Waals surface area (Å²) in [5, 5.41) is 3.26. The second kappa shape index (κ2) is 11.1. The lowest BCUT2D eigenvalue weighted by Crippen LogP contribution is -2.58. The van der Waals surface area contributed by atoms with Crippen molar-refractivity contribution in [2.45, 2.75) is 62.1 Å². The van der Waals surface area contributed by atoms with Gasteiger partial charge in [-0.05, 0) is 61.3 Å². The molecule has 0 bridgehead atoms. The standard InChI is InChI=1S/C27H28F2N5O6PS/c28-18-10-30-13-31-23(18)16-11-33(12-16)27(37)20-6-5-17-2-1-3-19(26(36)34(17)20)32-25(35)22-9-15-8-14(4-7-21(15)42-22)24(29)41(38,39)40/h4,7-10,13,16-17,19-20,24H,1-3,5-6,11-12H2,(H,32,35)(H2,38,39,40)/t17-,19-,20-,24?/m0/s1. The first-order valence-corrected chi connectivity index (χ1v) is 16.1. The van der Waals surface area contributed by atoms with Gasteiger partial charge in [0.25, 0.3) is 5.91 Å². The zero-order valence-electron chi connectivity index (χ0n) is 22.2. The number of carbonyl (C=O) groups is 3. The van der Waals surface area contributed by atoms with Gasteiger partial charge in [0.05, 0.1) is 16.8 Å². The van der Waals surface area contributed by atoms with Crippen molar-refractivity contribution >= 4 is 46.7 Å². The lowest BCUT2D eigenvalue weighted by Gasteiger charge is -2.42. The van der Waals surface area contributed by atoms with Gasteiger partial charge in [-0.25, -0.2) is 18.7 Å². The molecule has 0 saturated carbocycles. The maximum Gasteiger partial charge on any atom is 0.363 e. The highest BCUT2D eigenvalue weighted by molar-refractivity contribution is 7.51. The van der Waals surface area contributed by atoms with Crippen LogP contribution in [-0.4, -0.2) is 78.5 Å². The SMILES string of the molecule is O=C(N[C@H]1CCC[C@H]2CC[C@@H](C(=O)N3CC(c4ncncc4F)C3)N2C1=O)c1cc2cc(C(F)P(=O)(O)O)ccc2s1. The van der Waals surface area contributed by atoms with Crippen molar-refractivity contribution in [3.8, 4) is 0 Å². The van der Waals surface area contributed by atoms with Crippen molar-refractivity contribution in [3.05, 3.63) is 58.7 Å². The van der Waals surface area contributed by atoms with Gasteiger partial charge >= 0.3 is 7.60 Å². The molecular weight excluding hydrogens is 591 g/mol. The van der Waals surface area contributed by atoms with Crippen molar-refractivity contribution in [2.24, 2.45) is 0 Å². The van der Waals surface area contributed by atoms with Gasteiger partial charge in [0.1, 0.15) is 18.4 Å². The van der Waals surface area contributed by atoms with E-state index < -0.39 is 37.3 Å². The number of alkyl halides is 1. The van der Waals surface area contributed by atoms with Crippen LogP contribution in [-0.2, 0) is 14.2 Å². The van der Waals surface area contributed by atoms with Crippen LogP contribution >= 0.6 is 18.9 Å². The Kier molecular flexibility index (Phi) is 7.58. The number of rotatable bonds is 6. The van der Waals surface area contributed by atoms with Crippen LogP contribution in [0.15, 0.2) is 36.8 Å². The molecule has 15 heteroatoms. The van der Waals surface area contributed by atoms with Crippen LogP contribution in [0.4, 0.5) is 8.78 Å². The van der Waals surface area contributed by atoms with Crippen LogP contribution in [0, 0.1) is 5.82 Å². The van der Waals surface area contributed by atoms with E-state index in [1.807, 2.05) is 0 Å². The zero-order chi connectivity index (χ0) is 29.8. The van der Waals surface area contributed by atoms with Gasteiger partial charge in [-0.3, -0.25) is 18.9 Å². The molecule has 3 aliphatic rings. The van der Waals surface area contributed by atoms with Crippen LogP contribution < -0.4 is 5.32 Å². The molecule has 0 radical (unpaired) electrons. The fourth-order valence-electron chi connectivity index (χ4n) is 6.15. The van der Waals surface area contributed by atoms with E-state index in [-0.39, 0.29) is 39.9 Å². The minimum Gasteiger partial charge on any atom is -0.340 e. The molecule has 2 aromatic heterocycles. The number of amides is 3. The Morgan fingerprint density at radius 2 is 1.93 bits per heavy atom. The summed E-state index contributed by atoms with van der Waals surface area (Å²) in [5.41, 5.74) is 0.0850. The Morgan fingerprint density at radius 1 is 1.14 bits per heavy atom. The van der Waals surface area contributed by atoms with Crippen molar-refractivity contribution in [3.63, 3.8) is 0 Å². The van der Waals surface area contributed by atoms with Gasteiger partial charge < -0.3 is 24.9 Å². The quantitative estimate of drug-likeness (QED) is 0.356. The lowest BCUT2D eigenvalue weighted by molar-refractivity contribution is -0.148. The molecule has 0 spiro atoms. The first-order valence-electron chi connectivity index (χ1n) is 13.6. The van der Waals surface area contributed by atoms with Crippen LogP contribution in [0.3, 0.4) is 0 Å².